The Balaban J connectivity index is 1.95. The van der Waals surface area contributed by atoms with Crippen LogP contribution in [0.2, 0.25) is 0 Å². The molecule has 0 saturated carbocycles. The van der Waals surface area contributed by atoms with E-state index in [-0.39, 0.29) is 6.79 Å². The summed E-state index contributed by atoms with van der Waals surface area (Å²) in [5.41, 5.74) is 8.14. The van der Waals surface area contributed by atoms with Gasteiger partial charge in [0.05, 0.1) is 12.8 Å². The Morgan fingerprint density at radius 3 is 2.76 bits per heavy atom. The van der Waals surface area contributed by atoms with Crippen molar-refractivity contribution in [2.45, 2.75) is 0 Å². The van der Waals surface area contributed by atoms with Crippen molar-refractivity contribution in [1.29, 1.82) is 0 Å². The molecule has 0 radical (unpaired) electrons. The molecule has 21 heavy (non-hydrogen) atoms. The van der Waals surface area contributed by atoms with Gasteiger partial charge in [0.15, 0.2) is 11.5 Å². The molecule has 5 nitrogen and oxygen atoms in total. The molecule has 0 fully saturated rings. The molecule has 6 heteroatoms. The molecule has 0 aromatic heterocycles. The third-order valence-corrected chi connectivity index (χ3v) is 3.36. The lowest BCUT2D eigenvalue weighted by Crippen LogP contribution is -2.12. The second-order valence-corrected chi connectivity index (χ2v) is 4.91. The van der Waals surface area contributed by atoms with Gasteiger partial charge in [-0.25, -0.2) is 0 Å². The van der Waals surface area contributed by atoms with Crippen LogP contribution in [0.4, 0.5) is 11.4 Å². The fourth-order valence-corrected chi connectivity index (χ4v) is 2.28. The first kappa shape index (κ1) is 13.5. The van der Waals surface area contributed by atoms with E-state index in [1.807, 2.05) is 36.4 Å². The highest BCUT2D eigenvalue weighted by atomic mass is 32.1. The van der Waals surface area contributed by atoms with Crippen LogP contribution in [0.15, 0.2) is 36.4 Å². The molecule has 108 valence electrons. The van der Waals surface area contributed by atoms with Crippen LogP contribution >= 0.6 is 12.2 Å². The maximum Gasteiger partial charge on any atom is 0.231 e. The van der Waals surface area contributed by atoms with E-state index >= 15 is 0 Å². The maximum atomic E-state index is 5.76. The van der Waals surface area contributed by atoms with Gasteiger partial charge in [-0.15, -0.1) is 0 Å². The molecular formula is C15H14N2O3S. The molecule has 1 aliphatic rings. The van der Waals surface area contributed by atoms with Crippen LogP contribution in [0.25, 0.3) is 0 Å². The first-order chi connectivity index (χ1) is 10.2. The normalized spacial score (nSPS) is 12.0. The number of ether oxygens (including phenoxy) is 3. The number of methoxy groups -OCH3 is 1. The number of hydrogen-bond donors (Lipinski definition) is 2. The number of rotatable bonds is 4. The molecule has 1 aliphatic heterocycles. The summed E-state index contributed by atoms with van der Waals surface area (Å²) in [4.78, 5) is 0.320. The van der Waals surface area contributed by atoms with Gasteiger partial charge >= 0.3 is 0 Å². The van der Waals surface area contributed by atoms with Crippen molar-refractivity contribution in [3.63, 3.8) is 0 Å². The maximum absolute atomic E-state index is 5.76. The van der Waals surface area contributed by atoms with Crippen molar-refractivity contribution in [1.82, 2.24) is 0 Å². The largest absolute Gasteiger partial charge is 0.497 e. The lowest BCUT2D eigenvalue weighted by atomic mass is 10.1. The number of thiocarbonyl (C=S) groups is 1. The zero-order chi connectivity index (χ0) is 14.8. The van der Waals surface area contributed by atoms with Gasteiger partial charge in [-0.05, 0) is 24.3 Å². The number of nitrogens with two attached hydrogens (primary N) is 1. The van der Waals surface area contributed by atoms with Gasteiger partial charge in [-0.2, -0.15) is 0 Å². The predicted octanol–water partition coefficient (Wildman–Crippen LogP) is 2.80. The van der Waals surface area contributed by atoms with Crippen LogP contribution < -0.4 is 25.3 Å². The molecule has 0 aliphatic carbocycles. The fraction of sp³-hybridized carbons (Fsp3) is 0.133. The van der Waals surface area contributed by atoms with Gasteiger partial charge in [0, 0.05) is 23.4 Å². The van der Waals surface area contributed by atoms with Gasteiger partial charge < -0.3 is 25.3 Å². The van der Waals surface area contributed by atoms with Gasteiger partial charge in [0.2, 0.25) is 6.79 Å². The zero-order valence-corrected chi connectivity index (χ0v) is 12.2. The highest BCUT2D eigenvalue weighted by Crippen LogP contribution is 2.36. The summed E-state index contributed by atoms with van der Waals surface area (Å²) in [5, 5.41) is 3.28. The fourth-order valence-electron chi connectivity index (χ4n) is 2.10. The zero-order valence-electron chi connectivity index (χ0n) is 11.4. The van der Waals surface area contributed by atoms with Crippen LogP contribution in [0.1, 0.15) is 5.56 Å². The first-order valence-corrected chi connectivity index (χ1v) is 6.73. The van der Waals surface area contributed by atoms with E-state index in [4.69, 9.17) is 32.2 Å². The standard InChI is InChI=1S/C15H14N2O3S/c1-18-10-3-4-11(15(16)21)12(7-10)17-9-2-5-13-14(6-9)20-8-19-13/h2-7,17H,8H2,1H3,(H2,16,21). The third-order valence-electron chi connectivity index (χ3n) is 3.14. The molecule has 0 bridgehead atoms. The monoisotopic (exact) mass is 302 g/mol. The quantitative estimate of drug-likeness (QED) is 0.847. The highest BCUT2D eigenvalue weighted by molar-refractivity contribution is 7.80. The topological polar surface area (TPSA) is 65.7 Å². The Morgan fingerprint density at radius 2 is 2.00 bits per heavy atom. The lowest BCUT2D eigenvalue weighted by molar-refractivity contribution is 0.174. The molecule has 0 saturated heterocycles. The molecule has 3 rings (SSSR count). The van der Waals surface area contributed by atoms with Crippen LogP contribution in [-0.4, -0.2) is 18.9 Å². The average molecular weight is 302 g/mol. The summed E-state index contributed by atoms with van der Waals surface area (Å²) in [6, 6.07) is 11.1. The first-order valence-electron chi connectivity index (χ1n) is 6.32. The van der Waals surface area contributed by atoms with Crippen molar-refractivity contribution in [2.24, 2.45) is 5.73 Å². The molecule has 0 spiro atoms. The summed E-state index contributed by atoms with van der Waals surface area (Å²) in [7, 11) is 1.61. The molecule has 0 unspecified atom stereocenters. The summed E-state index contributed by atoms with van der Waals surface area (Å²) in [6.07, 6.45) is 0. The van der Waals surface area contributed by atoms with Gasteiger partial charge in [0.1, 0.15) is 10.7 Å². The molecule has 1 heterocycles. The Bertz CT molecular complexity index is 703. The Kier molecular flexibility index (Phi) is 3.53. The third kappa shape index (κ3) is 2.71. The Hall–Kier alpha value is -2.47. The van der Waals surface area contributed by atoms with Gasteiger partial charge in [-0.3, -0.25) is 0 Å². The minimum absolute atomic E-state index is 0.246. The van der Waals surface area contributed by atoms with E-state index in [9.17, 15) is 0 Å². The second kappa shape index (κ2) is 5.49. The Morgan fingerprint density at radius 1 is 1.19 bits per heavy atom. The minimum atomic E-state index is 0.246. The smallest absolute Gasteiger partial charge is 0.231 e. The molecule has 2 aromatic rings. The molecule has 0 atom stereocenters. The predicted molar refractivity (Wildman–Crippen MR) is 84.7 cm³/mol. The highest BCUT2D eigenvalue weighted by Gasteiger charge is 2.14. The molecule has 3 N–H and O–H groups in total. The number of fused-ring (bicyclic) bond motifs is 1. The Labute approximate surface area is 127 Å². The number of benzene rings is 2. The van der Waals surface area contributed by atoms with Crippen molar-refractivity contribution in [2.75, 3.05) is 19.2 Å². The minimum Gasteiger partial charge on any atom is -0.497 e. The van der Waals surface area contributed by atoms with Gasteiger partial charge in [0.25, 0.3) is 0 Å². The van der Waals surface area contributed by atoms with E-state index in [1.165, 1.54) is 0 Å². The van der Waals surface area contributed by atoms with Crippen LogP contribution in [0.5, 0.6) is 17.2 Å². The summed E-state index contributed by atoms with van der Waals surface area (Å²) >= 11 is 5.08. The molecule has 0 amide bonds. The van der Waals surface area contributed by atoms with E-state index in [0.29, 0.717) is 10.7 Å². The van der Waals surface area contributed by atoms with Crippen molar-refractivity contribution >= 4 is 28.6 Å². The van der Waals surface area contributed by atoms with Crippen LogP contribution in [0.3, 0.4) is 0 Å². The second-order valence-electron chi connectivity index (χ2n) is 4.47. The van der Waals surface area contributed by atoms with Crippen LogP contribution in [0, 0.1) is 0 Å². The lowest BCUT2D eigenvalue weighted by Gasteiger charge is -2.13. The summed E-state index contributed by atoms with van der Waals surface area (Å²) in [5.74, 6) is 2.17. The summed E-state index contributed by atoms with van der Waals surface area (Å²) in [6.45, 7) is 0.246. The van der Waals surface area contributed by atoms with E-state index < -0.39 is 0 Å². The van der Waals surface area contributed by atoms with Crippen molar-refractivity contribution in [3.05, 3.63) is 42.0 Å². The van der Waals surface area contributed by atoms with E-state index in [0.717, 1.165) is 28.4 Å². The number of anilines is 2. The van der Waals surface area contributed by atoms with E-state index in [1.54, 1.807) is 7.11 Å². The average Bonchev–Trinajstić information content (AvgIpc) is 2.94. The van der Waals surface area contributed by atoms with Crippen molar-refractivity contribution < 1.29 is 14.2 Å². The van der Waals surface area contributed by atoms with E-state index in [2.05, 4.69) is 5.32 Å². The van der Waals surface area contributed by atoms with Crippen LogP contribution in [-0.2, 0) is 0 Å². The summed E-state index contributed by atoms with van der Waals surface area (Å²) < 4.78 is 15.9. The molecular weight excluding hydrogens is 288 g/mol. The SMILES string of the molecule is COc1ccc(C(N)=S)c(Nc2ccc3c(c2)OCO3)c1. The number of nitrogens with one attached hydrogen (secondary N) is 1. The molecule has 2 aromatic carbocycles. The van der Waals surface area contributed by atoms with Crippen molar-refractivity contribution in [3.8, 4) is 17.2 Å². The van der Waals surface area contributed by atoms with Gasteiger partial charge in [-0.1, -0.05) is 12.2 Å². The number of hydrogen-bond acceptors (Lipinski definition) is 5.